The van der Waals surface area contributed by atoms with Crippen molar-refractivity contribution in [1.29, 1.82) is 0 Å². The zero-order valence-corrected chi connectivity index (χ0v) is 12.3. The molecule has 0 aliphatic rings. The average Bonchev–Trinajstić information content (AvgIpc) is 3.03. The second kappa shape index (κ2) is 5.27. The number of hydrogen-bond acceptors (Lipinski definition) is 3. The largest absolute Gasteiger partial charge is 0.329 e. The summed E-state index contributed by atoms with van der Waals surface area (Å²) in [5.41, 5.74) is 2.14. The quantitative estimate of drug-likeness (QED) is 0.715. The van der Waals surface area contributed by atoms with Gasteiger partial charge in [0.05, 0.1) is 23.3 Å². The normalized spacial score (nSPS) is 12.9. The summed E-state index contributed by atoms with van der Waals surface area (Å²) in [6, 6.07) is 6.63. The molecule has 0 bridgehead atoms. The van der Waals surface area contributed by atoms with Crippen LogP contribution in [0.5, 0.6) is 0 Å². The smallest absolute Gasteiger partial charge is 0.178 e. The minimum Gasteiger partial charge on any atom is -0.329 e. The van der Waals surface area contributed by atoms with E-state index >= 15 is 0 Å². The molecule has 19 heavy (non-hydrogen) atoms. The van der Waals surface area contributed by atoms with Crippen LogP contribution in [-0.2, 0) is 0 Å². The van der Waals surface area contributed by atoms with Gasteiger partial charge in [0.25, 0.3) is 0 Å². The Labute approximate surface area is 120 Å². The monoisotopic (exact) mass is 289 g/mol. The number of aromatic amines is 1. The van der Waals surface area contributed by atoms with Crippen molar-refractivity contribution in [2.45, 2.75) is 25.8 Å². The zero-order chi connectivity index (χ0) is 13.2. The van der Waals surface area contributed by atoms with E-state index < -0.39 is 0 Å². The number of nitrogens with zero attached hydrogens (tertiary/aromatic N) is 2. The van der Waals surface area contributed by atoms with Crippen molar-refractivity contribution in [3.63, 3.8) is 0 Å². The van der Waals surface area contributed by atoms with E-state index in [1.165, 1.54) is 4.88 Å². The molecule has 0 saturated heterocycles. The third-order valence-electron chi connectivity index (χ3n) is 3.26. The molecule has 3 aromatic heterocycles. The van der Waals surface area contributed by atoms with E-state index in [1.807, 2.05) is 18.5 Å². The van der Waals surface area contributed by atoms with Crippen LogP contribution in [-0.4, -0.2) is 14.5 Å². The summed E-state index contributed by atoms with van der Waals surface area (Å²) in [6.07, 6.45) is 5.87. The Morgan fingerprint density at radius 1 is 1.47 bits per heavy atom. The molecule has 1 atom stereocenters. The highest BCUT2D eigenvalue weighted by atomic mass is 32.1. The Bertz CT molecular complexity index is 725. The van der Waals surface area contributed by atoms with Gasteiger partial charge in [0, 0.05) is 11.1 Å². The first kappa shape index (κ1) is 12.6. The molecular weight excluding hydrogens is 274 g/mol. The van der Waals surface area contributed by atoms with Crippen LogP contribution in [0.4, 0.5) is 0 Å². The molecule has 0 aliphatic heterocycles. The second-order valence-corrected chi connectivity index (χ2v) is 5.88. The number of aromatic nitrogens is 3. The lowest BCUT2D eigenvalue weighted by atomic mass is 10.1. The fraction of sp³-hybridized carbons (Fsp3) is 0.286. The number of thiophene rings is 1. The van der Waals surface area contributed by atoms with Gasteiger partial charge < -0.3 is 9.55 Å². The van der Waals surface area contributed by atoms with E-state index in [0.717, 1.165) is 28.6 Å². The van der Waals surface area contributed by atoms with Gasteiger partial charge in [-0.1, -0.05) is 19.4 Å². The van der Waals surface area contributed by atoms with Crippen LogP contribution in [0.15, 0.2) is 36.0 Å². The lowest BCUT2D eigenvalue weighted by molar-refractivity contribution is 0.548. The average molecular weight is 289 g/mol. The highest BCUT2D eigenvalue weighted by Gasteiger charge is 2.17. The summed E-state index contributed by atoms with van der Waals surface area (Å²) in [4.78, 5) is 8.75. The van der Waals surface area contributed by atoms with Gasteiger partial charge in [-0.05, 0) is 36.2 Å². The van der Waals surface area contributed by atoms with Crippen LogP contribution in [0.2, 0.25) is 0 Å². The van der Waals surface area contributed by atoms with E-state index in [0.29, 0.717) is 6.04 Å². The van der Waals surface area contributed by atoms with Crippen molar-refractivity contribution < 1.29 is 0 Å². The first-order valence-corrected chi connectivity index (χ1v) is 7.67. The summed E-state index contributed by atoms with van der Waals surface area (Å²) in [5, 5.41) is 2.12. The van der Waals surface area contributed by atoms with E-state index in [9.17, 15) is 0 Å². The Morgan fingerprint density at radius 3 is 3.11 bits per heavy atom. The van der Waals surface area contributed by atoms with Gasteiger partial charge in [-0.2, -0.15) is 0 Å². The van der Waals surface area contributed by atoms with Crippen LogP contribution in [0.1, 0.15) is 30.7 Å². The van der Waals surface area contributed by atoms with E-state index in [1.54, 1.807) is 11.3 Å². The predicted molar refractivity (Wildman–Crippen MR) is 82.3 cm³/mol. The number of imidazole rings is 1. The molecule has 0 radical (unpaired) electrons. The highest BCUT2D eigenvalue weighted by molar-refractivity contribution is 7.71. The van der Waals surface area contributed by atoms with Crippen LogP contribution in [0.3, 0.4) is 0 Å². The van der Waals surface area contributed by atoms with Gasteiger partial charge in [-0.3, -0.25) is 4.98 Å². The Balaban J connectivity index is 2.20. The minimum atomic E-state index is 0.314. The second-order valence-electron chi connectivity index (χ2n) is 4.51. The van der Waals surface area contributed by atoms with E-state index in [2.05, 4.69) is 39.0 Å². The topological polar surface area (TPSA) is 33.6 Å². The molecule has 0 saturated carbocycles. The number of H-pyrrole nitrogens is 1. The maximum Gasteiger partial charge on any atom is 0.178 e. The molecule has 3 nitrogen and oxygen atoms in total. The minimum absolute atomic E-state index is 0.314. The zero-order valence-electron chi connectivity index (χ0n) is 10.7. The number of nitrogens with one attached hydrogen (secondary N) is 1. The van der Waals surface area contributed by atoms with Crippen molar-refractivity contribution in [2.24, 2.45) is 0 Å². The molecule has 5 heteroatoms. The summed E-state index contributed by atoms with van der Waals surface area (Å²) in [5.74, 6) is 0. The van der Waals surface area contributed by atoms with Gasteiger partial charge >= 0.3 is 0 Å². The maximum atomic E-state index is 5.50. The number of hydrogen-bond donors (Lipinski definition) is 1. The van der Waals surface area contributed by atoms with Gasteiger partial charge in [0.15, 0.2) is 4.77 Å². The van der Waals surface area contributed by atoms with E-state index in [4.69, 9.17) is 12.2 Å². The first-order valence-electron chi connectivity index (χ1n) is 6.39. The van der Waals surface area contributed by atoms with Gasteiger partial charge in [-0.15, -0.1) is 11.3 Å². The van der Waals surface area contributed by atoms with Crippen LogP contribution in [0.25, 0.3) is 11.0 Å². The Morgan fingerprint density at radius 2 is 2.37 bits per heavy atom. The molecule has 3 rings (SSSR count). The number of pyridine rings is 1. The summed E-state index contributed by atoms with van der Waals surface area (Å²) in [6.45, 7) is 2.21. The van der Waals surface area contributed by atoms with Crippen molar-refractivity contribution in [3.8, 4) is 0 Å². The molecule has 1 N–H and O–H groups in total. The molecule has 98 valence electrons. The molecule has 0 fully saturated rings. The fourth-order valence-electron chi connectivity index (χ4n) is 2.44. The SMILES string of the molecule is CCCC(c1cccs1)n1c(=S)[nH]c2cnccc21. The van der Waals surface area contributed by atoms with Crippen molar-refractivity contribution in [3.05, 3.63) is 45.6 Å². The number of rotatable bonds is 4. The number of fused-ring (bicyclic) bond motifs is 1. The maximum absolute atomic E-state index is 5.50. The fourth-order valence-corrected chi connectivity index (χ4v) is 3.63. The lowest BCUT2D eigenvalue weighted by Gasteiger charge is -2.17. The molecule has 3 aromatic rings. The summed E-state index contributed by atoms with van der Waals surface area (Å²) in [7, 11) is 0. The van der Waals surface area contributed by atoms with Crippen molar-refractivity contribution in [1.82, 2.24) is 14.5 Å². The van der Waals surface area contributed by atoms with Crippen LogP contribution < -0.4 is 0 Å². The van der Waals surface area contributed by atoms with Crippen molar-refractivity contribution >= 4 is 34.6 Å². The van der Waals surface area contributed by atoms with Crippen LogP contribution >= 0.6 is 23.6 Å². The molecular formula is C14H15N3S2. The van der Waals surface area contributed by atoms with Crippen LogP contribution in [0, 0.1) is 4.77 Å². The van der Waals surface area contributed by atoms with Gasteiger partial charge in [0.1, 0.15) is 0 Å². The molecule has 0 amide bonds. The van der Waals surface area contributed by atoms with Gasteiger partial charge in [0.2, 0.25) is 0 Å². The van der Waals surface area contributed by atoms with Crippen molar-refractivity contribution in [2.75, 3.05) is 0 Å². The standard InChI is InChI=1S/C14H15N3S2/c1-2-4-12(13-5-3-8-19-13)17-11-6-7-15-9-10(11)16-14(17)18/h3,5-9,12H,2,4H2,1H3,(H,16,18). The van der Waals surface area contributed by atoms with E-state index in [-0.39, 0.29) is 0 Å². The first-order chi connectivity index (χ1) is 9.31. The van der Waals surface area contributed by atoms with Gasteiger partial charge in [-0.25, -0.2) is 0 Å². The molecule has 0 aromatic carbocycles. The Kier molecular flexibility index (Phi) is 3.48. The third kappa shape index (κ3) is 2.24. The Hall–Kier alpha value is -1.46. The highest BCUT2D eigenvalue weighted by Crippen LogP contribution is 2.30. The lowest BCUT2D eigenvalue weighted by Crippen LogP contribution is -2.09. The molecule has 3 heterocycles. The summed E-state index contributed by atoms with van der Waals surface area (Å²) >= 11 is 7.29. The molecule has 0 spiro atoms. The molecule has 0 aliphatic carbocycles. The molecule has 1 unspecified atom stereocenters. The predicted octanol–water partition coefficient (Wildman–Crippen LogP) is 4.54. The third-order valence-corrected chi connectivity index (χ3v) is 4.54. The summed E-state index contributed by atoms with van der Waals surface area (Å²) < 4.78 is 3.00.